The quantitative estimate of drug-likeness (QED) is 0.792. The molecule has 0 aromatic carbocycles. The number of carboxylic acid groups (broad SMARTS) is 1. The molecule has 0 radical (unpaired) electrons. The van der Waals surface area contributed by atoms with Crippen molar-refractivity contribution in [3.63, 3.8) is 0 Å². The van der Waals surface area contributed by atoms with Crippen molar-refractivity contribution in [3.8, 4) is 0 Å². The third-order valence-corrected chi connectivity index (χ3v) is 4.14. The summed E-state index contributed by atoms with van der Waals surface area (Å²) < 4.78 is 38.2. The maximum atomic E-state index is 12.7. The minimum Gasteiger partial charge on any atom is -0.480 e. The number of likely N-dealkylation sites (N-methyl/N-ethyl adjacent to an activating group) is 1. The van der Waals surface area contributed by atoms with Gasteiger partial charge in [-0.2, -0.15) is 13.2 Å². The number of hydrogen-bond donors (Lipinski definition) is 2. The zero-order valence-corrected chi connectivity index (χ0v) is 12.8. The van der Waals surface area contributed by atoms with Crippen LogP contribution in [0.3, 0.4) is 0 Å². The number of aliphatic carboxylic acids is 1. The molecule has 0 amide bonds. The second-order valence-electron chi connectivity index (χ2n) is 6.05. The summed E-state index contributed by atoms with van der Waals surface area (Å²) in [6.45, 7) is 4.74. The lowest BCUT2D eigenvalue weighted by Gasteiger charge is -2.44. The third-order valence-electron chi connectivity index (χ3n) is 4.14. The molecule has 124 valence electrons. The highest BCUT2D eigenvalue weighted by Crippen LogP contribution is 2.34. The van der Waals surface area contributed by atoms with Crippen LogP contribution in [0.1, 0.15) is 46.5 Å². The minimum absolute atomic E-state index is 0.213. The Balaban J connectivity index is 2.92. The second kappa shape index (κ2) is 6.96. The van der Waals surface area contributed by atoms with Crippen LogP contribution in [0.4, 0.5) is 13.2 Å². The summed E-state index contributed by atoms with van der Waals surface area (Å²) in [5.41, 5.74) is -1.10. The molecule has 2 atom stereocenters. The van der Waals surface area contributed by atoms with Crippen LogP contribution in [0.15, 0.2) is 0 Å². The SMILES string of the molecule is CCNC1(C(=O)O)CCCC(N(CC(F)(F)F)C(C)C)C1. The zero-order valence-electron chi connectivity index (χ0n) is 12.8. The Hall–Kier alpha value is -0.820. The number of nitrogens with zero attached hydrogens (tertiary/aromatic N) is 1. The molecule has 0 spiro atoms. The Morgan fingerprint density at radius 2 is 2.10 bits per heavy atom. The second-order valence-corrected chi connectivity index (χ2v) is 6.05. The van der Waals surface area contributed by atoms with E-state index in [-0.39, 0.29) is 18.5 Å². The van der Waals surface area contributed by atoms with E-state index in [1.165, 1.54) is 4.90 Å². The molecule has 0 saturated heterocycles. The fourth-order valence-electron chi connectivity index (χ4n) is 3.24. The van der Waals surface area contributed by atoms with E-state index in [0.29, 0.717) is 25.8 Å². The van der Waals surface area contributed by atoms with Gasteiger partial charge in [-0.3, -0.25) is 9.69 Å². The van der Waals surface area contributed by atoms with E-state index in [4.69, 9.17) is 0 Å². The van der Waals surface area contributed by atoms with Crippen molar-refractivity contribution in [1.82, 2.24) is 10.2 Å². The number of hydrogen-bond acceptors (Lipinski definition) is 3. The third kappa shape index (κ3) is 4.85. The van der Waals surface area contributed by atoms with Gasteiger partial charge in [0.15, 0.2) is 0 Å². The van der Waals surface area contributed by atoms with Crippen LogP contribution in [0, 0.1) is 0 Å². The molecule has 0 aromatic rings. The van der Waals surface area contributed by atoms with Gasteiger partial charge in [0, 0.05) is 12.1 Å². The maximum absolute atomic E-state index is 12.7. The predicted octanol–water partition coefficient (Wildman–Crippen LogP) is 2.63. The first-order valence-corrected chi connectivity index (χ1v) is 7.42. The van der Waals surface area contributed by atoms with E-state index in [1.54, 1.807) is 13.8 Å². The molecule has 1 saturated carbocycles. The molecule has 0 heterocycles. The van der Waals surface area contributed by atoms with Crippen molar-refractivity contribution in [1.29, 1.82) is 0 Å². The first-order chi connectivity index (χ1) is 9.61. The summed E-state index contributed by atoms with van der Waals surface area (Å²) in [4.78, 5) is 13.0. The highest BCUT2D eigenvalue weighted by molar-refractivity contribution is 5.79. The van der Waals surface area contributed by atoms with Crippen LogP contribution in [0.2, 0.25) is 0 Å². The van der Waals surface area contributed by atoms with E-state index in [0.717, 1.165) is 0 Å². The standard InChI is InChI=1S/C14H25F3N2O2/c1-4-18-13(12(20)21)7-5-6-11(8-13)19(10(2)3)9-14(15,16)17/h10-11,18H,4-9H2,1-3H3,(H,20,21). The molecule has 21 heavy (non-hydrogen) atoms. The average Bonchev–Trinajstić information content (AvgIpc) is 2.35. The van der Waals surface area contributed by atoms with Crippen LogP contribution >= 0.6 is 0 Å². The summed E-state index contributed by atoms with van der Waals surface area (Å²) in [7, 11) is 0. The number of carbonyl (C=O) groups is 1. The molecule has 0 aliphatic heterocycles. The van der Waals surface area contributed by atoms with Gasteiger partial charge in [-0.1, -0.05) is 6.92 Å². The lowest BCUT2D eigenvalue weighted by molar-refractivity contribution is -0.161. The van der Waals surface area contributed by atoms with Crippen LogP contribution in [-0.2, 0) is 4.79 Å². The predicted molar refractivity (Wildman–Crippen MR) is 74.2 cm³/mol. The van der Waals surface area contributed by atoms with Crippen molar-refractivity contribution in [2.45, 2.75) is 70.3 Å². The summed E-state index contributed by atoms with van der Waals surface area (Å²) in [5.74, 6) is -0.968. The van der Waals surface area contributed by atoms with Crippen LogP contribution in [0.5, 0.6) is 0 Å². The first-order valence-electron chi connectivity index (χ1n) is 7.42. The van der Waals surface area contributed by atoms with Gasteiger partial charge in [0.25, 0.3) is 0 Å². The Labute approximate surface area is 123 Å². The first kappa shape index (κ1) is 18.2. The molecule has 2 unspecified atom stereocenters. The van der Waals surface area contributed by atoms with Crippen LogP contribution in [-0.4, -0.2) is 52.9 Å². The molecular weight excluding hydrogens is 285 g/mol. The Kier molecular flexibility index (Phi) is 6.04. The van der Waals surface area contributed by atoms with Crippen molar-refractivity contribution < 1.29 is 23.1 Å². The lowest BCUT2D eigenvalue weighted by Crippen LogP contribution is -2.59. The Bertz CT molecular complexity index is 357. The van der Waals surface area contributed by atoms with Crippen LogP contribution in [0.25, 0.3) is 0 Å². The highest BCUT2D eigenvalue weighted by atomic mass is 19.4. The fraction of sp³-hybridized carbons (Fsp3) is 0.929. The summed E-state index contributed by atoms with van der Waals surface area (Å²) >= 11 is 0. The number of carboxylic acids is 1. The molecule has 1 rings (SSSR count). The zero-order chi connectivity index (χ0) is 16.3. The molecule has 0 aromatic heterocycles. The molecular formula is C14H25F3N2O2. The van der Waals surface area contributed by atoms with E-state index in [9.17, 15) is 23.1 Å². The van der Waals surface area contributed by atoms with Gasteiger partial charge in [0.1, 0.15) is 5.54 Å². The van der Waals surface area contributed by atoms with Gasteiger partial charge in [0.05, 0.1) is 6.54 Å². The van der Waals surface area contributed by atoms with Gasteiger partial charge < -0.3 is 10.4 Å². The molecule has 4 nitrogen and oxygen atoms in total. The average molecular weight is 310 g/mol. The molecule has 2 N–H and O–H groups in total. The molecule has 1 fully saturated rings. The summed E-state index contributed by atoms with van der Waals surface area (Å²) in [6, 6.07) is -0.640. The highest BCUT2D eigenvalue weighted by Gasteiger charge is 2.45. The van der Waals surface area contributed by atoms with Gasteiger partial charge in [0.2, 0.25) is 0 Å². The van der Waals surface area contributed by atoms with Crippen molar-refractivity contribution in [3.05, 3.63) is 0 Å². The number of alkyl halides is 3. The van der Waals surface area contributed by atoms with E-state index in [1.807, 2.05) is 6.92 Å². The van der Waals surface area contributed by atoms with Gasteiger partial charge in [-0.15, -0.1) is 0 Å². The maximum Gasteiger partial charge on any atom is 0.401 e. The van der Waals surface area contributed by atoms with Gasteiger partial charge in [-0.25, -0.2) is 0 Å². The topological polar surface area (TPSA) is 52.6 Å². The number of halogens is 3. The lowest BCUT2D eigenvalue weighted by atomic mass is 9.78. The smallest absolute Gasteiger partial charge is 0.401 e. The fourth-order valence-corrected chi connectivity index (χ4v) is 3.24. The van der Waals surface area contributed by atoms with E-state index in [2.05, 4.69) is 5.32 Å². The van der Waals surface area contributed by atoms with E-state index >= 15 is 0 Å². The normalized spacial score (nSPS) is 27.3. The molecule has 1 aliphatic carbocycles. The van der Waals surface area contributed by atoms with Crippen LogP contribution < -0.4 is 5.32 Å². The summed E-state index contributed by atoms with van der Waals surface area (Å²) in [5, 5.41) is 12.5. The summed E-state index contributed by atoms with van der Waals surface area (Å²) in [6.07, 6.45) is -2.37. The number of rotatable bonds is 6. The van der Waals surface area contributed by atoms with Gasteiger partial charge in [-0.05, 0) is 46.1 Å². The van der Waals surface area contributed by atoms with Crippen molar-refractivity contribution in [2.24, 2.45) is 0 Å². The molecule has 7 heteroatoms. The van der Waals surface area contributed by atoms with Crippen molar-refractivity contribution >= 4 is 5.97 Å². The molecule has 1 aliphatic rings. The molecule has 0 bridgehead atoms. The minimum atomic E-state index is -4.27. The van der Waals surface area contributed by atoms with E-state index < -0.39 is 24.2 Å². The number of nitrogens with one attached hydrogen (secondary N) is 1. The Morgan fingerprint density at radius 1 is 1.48 bits per heavy atom. The largest absolute Gasteiger partial charge is 0.480 e. The Morgan fingerprint density at radius 3 is 2.52 bits per heavy atom. The van der Waals surface area contributed by atoms with Crippen molar-refractivity contribution in [2.75, 3.05) is 13.1 Å². The monoisotopic (exact) mass is 310 g/mol. The van der Waals surface area contributed by atoms with Gasteiger partial charge >= 0.3 is 12.1 Å².